The van der Waals surface area contributed by atoms with E-state index in [-0.39, 0.29) is 0 Å². The van der Waals surface area contributed by atoms with Crippen LogP contribution in [-0.2, 0) is 5.75 Å². The van der Waals surface area contributed by atoms with Gasteiger partial charge in [0, 0.05) is 11.1 Å². The number of hydrogen-bond acceptors (Lipinski definition) is 5. The topological polar surface area (TPSA) is 38.7 Å². The van der Waals surface area contributed by atoms with E-state index in [1.165, 1.54) is 0 Å². The van der Waals surface area contributed by atoms with Crippen molar-refractivity contribution in [2.75, 3.05) is 0 Å². The van der Waals surface area contributed by atoms with Gasteiger partial charge in [0.15, 0.2) is 0 Å². The minimum atomic E-state index is 0.845. The number of rotatable bonds is 3. The first-order valence-electron chi connectivity index (χ1n) is 5.99. The third-order valence-corrected chi connectivity index (χ3v) is 4.65. The Labute approximate surface area is 120 Å². The highest BCUT2D eigenvalue weighted by Crippen LogP contribution is 2.25. The molecule has 3 aromatic rings. The summed E-state index contributed by atoms with van der Waals surface area (Å²) in [4.78, 5) is 13.7. The van der Waals surface area contributed by atoms with Gasteiger partial charge in [-0.15, -0.1) is 11.3 Å². The number of nitrogens with zero attached hydrogens (tertiary/aromatic N) is 3. The van der Waals surface area contributed by atoms with Crippen LogP contribution in [0.1, 0.15) is 16.4 Å². The highest BCUT2D eigenvalue weighted by atomic mass is 32.2. The van der Waals surface area contributed by atoms with Crippen molar-refractivity contribution in [3.05, 3.63) is 46.0 Å². The standard InChI is InChI=1S/C14H13N3S2/c1-9-14(19-8-11-7-18-10(2)16-11)17-13-6-4-3-5-12(13)15-9/h3-7H,8H2,1-2H3. The van der Waals surface area contributed by atoms with Crippen LogP contribution in [0.15, 0.2) is 34.7 Å². The molecule has 3 rings (SSSR count). The van der Waals surface area contributed by atoms with Gasteiger partial charge in [0.2, 0.25) is 0 Å². The fourth-order valence-electron chi connectivity index (χ4n) is 1.83. The Morgan fingerprint density at radius 1 is 1.05 bits per heavy atom. The van der Waals surface area contributed by atoms with Crippen LogP contribution < -0.4 is 0 Å². The van der Waals surface area contributed by atoms with Crippen LogP contribution in [0, 0.1) is 13.8 Å². The molecular weight excluding hydrogens is 274 g/mol. The van der Waals surface area contributed by atoms with Crippen molar-refractivity contribution in [1.82, 2.24) is 15.0 Å². The Kier molecular flexibility index (Phi) is 3.48. The Morgan fingerprint density at radius 2 is 1.79 bits per heavy atom. The van der Waals surface area contributed by atoms with Crippen LogP contribution in [0.5, 0.6) is 0 Å². The summed E-state index contributed by atoms with van der Waals surface area (Å²) in [5.41, 5.74) is 4.00. The van der Waals surface area contributed by atoms with E-state index in [4.69, 9.17) is 0 Å². The molecule has 1 aromatic carbocycles. The fraction of sp³-hybridized carbons (Fsp3) is 0.214. The molecule has 5 heteroatoms. The lowest BCUT2D eigenvalue weighted by molar-refractivity contribution is 1.04. The number of benzene rings is 1. The van der Waals surface area contributed by atoms with Crippen molar-refractivity contribution in [3.8, 4) is 0 Å². The molecular formula is C14H13N3S2. The lowest BCUT2D eigenvalue weighted by Crippen LogP contribution is -1.93. The highest BCUT2D eigenvalue weighted by molar-refractivity contribution is 7.98. The van der Waals surface area contributed by atoms with Crippen molar-refractivity contribution in [1.29, 1.82) is 0 Å². The fourth-order valence-corrected chi connectivity index (χ4v) is 3.39. The Bertz CT molecular complexity index is 722. The number of thiazole rings is 1. The third kappa shape index (κ3) is 2.77. The van der Waals surface area contributed by atoms with Crippen molar-refractivity contribution >= 4 is 34.1 Å². The van der Waals surface area contributed by atoms with E-state index in [9.17, 15) is 0 Å². The zero-order chi connectivity index (χ0) is 13.2. The molecule has 0 aliphatic carbocycles. The van der Waals surface area contributed by atoms with Gasteiger partial charge < -0.3 is 0 Å². The van der Waals surface area contributed by atoms with Gasteiger partial charge in [-0.05, 0) is 26.0 Å². The van der Waals surface area contributed by atoms with E-state index >= 15 is 0 Å². The predicted molar refractivity (Wildman–Crippen MR) is 80.7 cm³/mol. The van der Waals surface area contributed by atoms with Crippen LogP contribution >= 0.6 is 23.1 Å². The number of thioether (sulfide) groups is 1. The normalized spacial score (nSPS) is 11.1. The largest absolute Gasteiger partial charge is 0.249 e. The van der Waals surface area contributed by atoms with E-state index in [0.29, 0.717) is 0 Å². The summed E-state index contributed by atoms with van der Waals surface area (Å²) < 4.78 is 0. The maximum atomic E-state index is 4.67. The molecule has 96 valence electrons. The van der Waals surface area contributed by atoms with Gasteiger partial charge in [-0.1, -0.05) is 23.9 Å². The lowest BCUT2D eigenvalue weighted by Gasteiger charge is -2.05. The smallest absolute Gasteiger partial charge is 0.118 e. The highest BCUT2D eigenvalue weighted by Gasteiger charge is 2.07. The zero-order valence-corrected chi connectivity index (χ0v) is 12.4. The molecule has 0 N–H and O–H groups in total. The van der Waals surface area contributed by atoms with Gasteiger partial charge in [0.25, 0.3) is 0 Å². The van der Waals surface area contributed by atoms with E-state index in [1.54, 1.807) is 23.1 Å². The molecule has 0 radical (unpaired) electrons. The van der Waals surface area contributed by atoms with Crippen molar-refractivity contribution in [2.24, 2.45) is 0 Å². The van der Waals surface area contributed by atoms with Gasteiger partial charge in [-0.2, -0.15) is 0 Å². The van der Waals surface area contributed by atoms with Gasteiger partial charge in [-0.3, -0.25) is 0 Å². The Balaban J connectivity index is 1.86. The molecule has 0 spiro atoms. The van der Waals surface area contributed by atoms with Crippen LogP contribution in [0.3, 0.4) is 0 Å². The summed E-state index contributed by atoms with van der Waals surface area (Å²) >= 11 is 3.38. The number of fused-ring (bicyclic) bond motifs is 1. The van der Waals surface area contributed by atoms with Crippen LogP contribution in [-0.4, -0.2) is 15.0 Å². The van der Waals surface area contributed by atoms with Crippen LogP contribution in [0.2, 0.25) is 0 Å². The molecule has 0 aliphatic rings. The molecule has 0 unspecified atom stereocenters. The average molecular weight is 287 g/mol. The van der Waals surface area contributed by atoms with Gasteiger partial charge in [0.05, 0.1) is 27.4 Å². The molecule has 0 fully saturated rings. The van der Waals surface area contributed by atoms with E-state index in [0.717, 1.165) is 38.2 Å². The predicted octanol–water partition coefficient (Wildman–Crippen LogP) is 4.00. The summed E-state index contributed by atoms with van der Waals surface area (Å²) in [7, 11) is 0. The zero-order valence-electron chi connectivity index (χ0n) is 10.8. The molecule has 3 nitrogen and oxygen atoms in total. The van der Waals surface area contributed by atoms with Gasteiger partial charge in [-0.25, -0.2) is 15.0 Å². The molecule has 0 aliphatic heterocycles. The first kappa shape index (κ1) is 12.6. The molecule has 0 atom stereocenters. The van der Waals surface area contributed by atoms with Crippen LogP contribution in [0.25, 0.3) is 11.0 Å². The number of aryl methyl sites for hydroxylation is 2. The molecule has 2 aromatic heterocycles. The van der Waals surface area contributed by atoms with E-state index in [1.807, 2.05) is 38.1 Å². The summed E-state index contributed by atoms with van der Waals surface area (Å²) in [6.45, 7) is 4.04. The second-order valence-corrected chi connectivity index (χ2v) is 6.28. The van der Waals surface area contributed by atoms with Gasteiger partial charge >= 0.3 is 0 Å². The molecule has 2 heterocycles. The maximum Gasteiger partial charge on any atom is 0.118 e. The average Bonchev–Trinajstić information content (AvgIpc) is 2.82. The Hall–Kier alpha value is -1.46. The lowest BCUT2D eigenvalue weighted by atomic mass is 10.3. The van der Waals surface area contributed by atoms with Crippen molar-refractivity contribution in [2.45, 2.75) is 24.6 Å². The van der Waals surface area contributed by atoms with Crippen LogP contribution in [0.4, 0.5) is 0 Å². The quantitative estimate of drug-likeness (QED) is 0.683. The minimum Gasteiger partial charge on any atom is -0.249 e. The molecule has 0 amide bonds. The van der Waals surface area contributed by atoms with E-state index in [2.05, 4.69) is 20.3 Å². The third-order valence-electron chi connectivity index (χ3n) is 2.72. The second-order valence-electron chi connectivity index (χ2n) is 4.25. The minimum absolute atomic E-state index is 0.845. The summed E-state index contributed by atoms with van der Waals surface area (Å²) in [6, 6.07) is 7.97. The molecule has 0 saturated heterocycles. The summed E-state index contributed by atoms with van der Waals surface area (Å²) in [5.74, 6) is 0.845. The second kappa shape index (κ2) is 5.27. The van der Waals surface area contributed by atoms with Gasteiger partial charge in [0.1, 0.15) is 5.03 Å². The summed E-state index contributed by atoms with van der Waals surface area (Å²) in [5, 5.41) is 4.20. The number of para-hydroxylation sites is 2. The number of aromatic nitrogens is 3. The molecule has 0 saturated carbocycles. The Morgan fingerprint density at radius 3 is 2.47 bits per heavy atom. The first-order valence-corrected chi connectivity index (χ1v) is 7.86. The van der Waals surface area contributed by atoms with Crippen molar-refractivity contribution < 1.29 is 0 Å². The van der Waals surface area contributed by atoms with Crippen molar-refractivity contribution in [3.63, 3.8) is 0 Å². The summed E-state index contributed by atoms with van der Waals surface area (Å²) in [6.07, 6.45) is 0. The monoisotopic (exact) mass is 287 g/mol. The SMILES string of the molecule is Cc1nc(CSc2nc3ccccc3nc2C)cs1. The molecule has 19 heavy (non-hydrogen) atoms. The van der Waals surface area contributed by atoms with E-state index < -0.39 is 0 Å². The number of hydrogen-bond donors (Lipinski definition) is 0. The first-order chi connectivity index (χ1) is 9.22. The molecule has 0 bridgehead atoms. The maximum absolute atomic E-state index is 4.67.